The van der Waals surface area contributed by atoms with Crippen LogP contribution < -0.4 is 15.5 Å². The molecule has 2 aliphatic heterocycles. The van der Waals surface area contributed by atoms with Crippen LogP contribution in [0.25, 0.3) is 5.69 Å². The van der Waals surface area contributed by atoms with E-state index in [4.69, 9.17) is 4.74 Å². The van der Waals surface area contributed by atoms with Crippen LogP contribution in [0.1, 0.15) is 29.8 Å². The smallest absolute Gasteiger partial charge is 0.271 e. The van der Waals surface area contributed by atoms with Crippen molar-refractivity contribution < 1.29 is 14.3 Å². The van der Waals surface area contributed by atoms with Gasteiger partial charge in [-0.1, -0.05) is 0 Å². The molecule has 188 valence electrons. The van der Waals surface area contributed by atoms with E-state index in [2.05, 4.69) is 37.7 Å². The van der Waals surface area contributed by atoms with Crippen molar-refractivity contribution >= 4 is 29.0 Å². The van der Waals surface area contributed by atoms with E-state index in [1.807, 2.05) is 29.2 Å². The number of amides is 2. The van der Waals surface area contributed by atoms with E-state index in [0.29, 0.717) is 31.0 Å². The van der Waals surface area contributed by atoms with Gasteiger partial charge in [0.2, 0.25) is 5.91 Å². The van der Waals surface area contributed by atoms with Crippen LogP contribution in [0.15, 0.2) is 54.9 Å². The van der Waals surface area contributed by atoms with Crippen molar-refractivity contribution in [3.63, 3.8) is 0 Å². The molecule has 0 unspecified atom stereocenters. The summed E-state index contributed by atoms with van der Waals surface area (Å²) >= 11 is 0. The lowest BCUT2D eigenvalue weighted by Crippen LogP contribution is -2.36. The molecule has 2 N–H and O–H groups in total. The number of aromatic nitrogens is 3. The highest BCUT2D eigenvalue weighted by Gasteiger charge is 2.19. The van der Waals surface area contributed by atoms with Gasteiger partial charge in [0, 0.05) is 69.0 Å². The van der Waals surface area contributed by atoms with Crippen molar-refractivity contribution in [2.45, 2.75) is 19.3 Å². The number of ether oxygens (including phenoxy) is 1. The highest BCUT2D eigenvalue weighted by molar-refractivity contribution is 5.92. The summed E-state index contributed by atoms with van der Waals surface area (Å²) in [5.41, 5.74) is 3.26. The summed E-state index contributed by atoms with van der Waals surface area (Å²) in [5.74, 6) is 0.662. The van der Waals surface area contributed by atoms with Crippen LogP contribution in [0.2, 0.25) is 0 Å². The lowest BCUT2D eigenvalue weighted by Gasteiger charge is -2.28. The first-order chi connectivity index (χ1) is 17.7. The van der Waals surface area contributed by atoms with Gasteiger partial charge in [0.05, 0.1) is 18.9 Å². The van der Waals surface area contributed by atoms with E-state index < -0.39 is 0 Å². The molecule has 2 fully saturated rings. The number of hydrogen-bond donors (Lipinski definition) is 2. The first-order valence-corrected chi connectivity index (χ1v) is 12.4. The number of anilines is 3. The summed E-state index contributed by atoms with van der Waals surface area (Å²) in [4.78, 5) is 32.8. The molecule has 1 aromatic carbocycles. The van der Waals surface area contributed by atoms with E-state index >= 15 is 0 Å². The number of carbonyl (C=O) groups excluding carboxylic acids is 2. The molecule has 0 radical (unpaired) electrons. The monoisotopic (exact) mass is 489 g/mol. The van der Waals surface area contributed by atoms with Crippen molar-refractivity contribution in [3.05, 3.63) is 60.6 Å². The molecule has 0 saturated carbocycles. The topological polar surface area (TPSA) is 105 Å². The standard InChI is InChI=1S/C26H31N7O3/c34-25-3-1-12-32(25)13-2-10-28-26(35)23-9-14-33(30-23)22-8-11-27-24(19-22)29-20-4-6-21(7-5-20)31-15-17-36-18-16-31/h4-9,11,14,19H,1-3,10,12-13,15-18H2,(H,27,29)(H,28,35). The number of nitrogens with zero attached hydrogens (tertiary/aromatic N) is 5. The van der Waals surface area contributed by atoms with Gasteiger partial charge >= 0.3 is 0 Å². The second-order valence-corrected chi connectivity index (χ2v) is 8.91. The van der Waals surface area contributed by atoms with Crippen LogP contribution in [-0.4, -0.2) is 77.4 Å². The number of rotatable bonds is 9. The van der Waals surface area contributed by atoms with E-state index in [0.717, 1.165) is 57.1 Å². The molecular weight excluding hydrogens is 458 g/mol. The molecule has 0 aliphatic carbocycles. The van der Waals surface area contributed by atoms with Gasteiger partial charge in [-0.15, -0.1) is 0 Å². The second-order valence-electron chi connectivity index (χ2n) is 8.91. The molecule has 36 heavy (non-hydrogen) atoms. The fourth-order valence-electron chi connectivity index (χ4n) is 4.45. The van der Waals surface area contributed by atoms with Crippen LogP contribution in [0, 0.1) is 0 Å². The highest BCUT2D eigenvalue weighted by Crippen LogP contribution is 2.22. The van der Waals surface area contributed by atoms with Gasteiger partial charge in [0.25, 0.3) is 5.91 Å². The van der Waals surface area contributed by atoms with Gasteiger partial charge in [-0.3, -0.25) is 9.59 Å². The average Bonchev–Trinajstić information content (AvgIpc) is 3.57. The number of carbonyl (C=O) groups is 2. The Bertz CT molecular complexity index is 1190. The Morgan fingerprint density at radius 2 is 1.86 bits per heavy atom. The molecule has 2 saturated heterocycles. The number of nitrogens with one attached hydrogen (secondary N) is 2. The van der Waals surface area contributed by atoms with E-state index in [9.17, 15) is 9.59 Å². The van der Waals surface area contributed by atoms with Gasteiger partial charge < -0.3 is 25.2 Å². The Balaban J connectivity index is 1.15. The quantitative estimate of drug-likeness (QED) is 0.445. The van der Waals surface area contributed by atoms with Gasteiger partial charge in [-0.2, -0.15) is 5.10 Å². The van der Waals surface area contributed by atoms with Crippen molar-refractivity contribution in [1.82, 2.24) is 25.0 Å². The van der Waals surface area contributed by atoms with Gasteiger partial charge in [0.1, 0.15) is 5.82 Å². The first-order valence-electron chi connectivity index (χ1n) is 12.4. The zero-order valence-electron chi connectivity index (χ0n) is 20.2. The molecule has 10 heteroatoms. The zero-order valence-corrected chi connectivity index (χ0v) is 20.2. The first kappa shape index (κ1) is 23.8. The SMILES string of the molecule is O=C(NCCCN1CCCC1=O)c1ccn(-c2ccnc(Nc3ccc(N4CCOCC4)cc3)c2)n1. The van der Waals surface area contributed by atoms with Crippen LogP contribution in [0.4, 0.5) is 17.2 Å². The van der Waals surface area contributed by atoms with Crippen LogP contribution >= 0.6 is 0 Å². The Labute approximate surface area is 210 Å². The maximum atomic E-state index is 12.5. The van der Waals surface area contributed by atoms with Crippen LogP contribution in [0.5, 0.6) is 0 Å². The second kappa shape index (κ2) is 11.2. The number of hydrogen-bond acceptors (Lipinski definition) is 7. The Morgan fingerprint density at radius 3 is 2.64 bits per heavy atom. The van der Waals surface area contributed by atoms with E-state index in [1.54, 1.807) is 23.1 Å². The lowest BCUT2D eigenvalue weighted by atomic mass is 10.2. The van der Waals surface area contributed by atoms with Gasteiger partial charge in [-0.25, -0.2) is 9.67 Å². The fourth-order valence-corrected chi connectivity index (χ4v) is 4.45. The number of pyridine rings is 1. The molecule has 0 atom stereocenters. The van der Waals surface area contributed by atoms with Gasteiger partial charge in [0.15, 0.2) is 5.69 Å². The van der Waals surface area contributed by atoms with Crippen molar-refractivity contribution in [1.29, 1.82) is 0 Å². The van der Waals surface area contributed by atoms with Crippen molar-refractivity contribution in [3.8, 4) is 5.69 Å². The van der Waals surface area contributed by atoms with Crippen molar-refractivity contribution in [2.75, 3.05) is 56.2 Å². The fraction of sp³-hybridized carbons (Fsp3) is 0.385. The summed E-state index contributed by atoms with van der Waals surface area (Å²) in [5, 5.41) is 10.6. The largest absolute Gasteiger partial charge is 0.378 e. The molecule has 0 bridgehead atoms. The number of likely N-dealkylation sites (tertiary alicyclic amines) is 1. The third kappa shape index (κ3) is 5.83. The lowest BCUT2D eigenvalue weighted by molar-refractivity contribution is -0.127. The van der Waals surface area contributed by atoms with Crippen molar-refractivity contribution in [2.24, 2.45) is 0 Å². The average molecular weight is 490 g/mol. The molecule has 2 amide bonds. The Kier molecular flexibility index (Phi) is 7.41. The van der Waals surface area contributed by atoms with Crippen LogP contribution in [0.3, 0.4) is 0 Å². The molecule has 2 aliphatic rings. The normalized spacial score (nSPS) is 15.8. The predicted octanol–water partition coefficient (Wildman–Crippen LogP) is 2.59. The molecule has 5 rings (SSSR count). The zero-order chi connectivity index (χ0) is 24.7. The predicted molar refractivity (Wildman–Crippen MR) is 137 cm³/mol. The summed E-state index contributed by atoms with van der Waals surface area (Å²) in [6.45, 7) is 5.32. The van der Waals surface area contributed by atoms with Gasteiger partial charge in [-0.05, 0) is 49.2 Å². The minimum Gasteiger partial charge on any atom is -0.378 e. The number of morpholine rings is 1. The molecule has 3 aromatic rings. The van der Waals surface area contributed by atoms with E-state index in [1.165, 1.54) is 5.69 Å². The maximum absolute atomic E-state index is 12.5. The number of benzene rings is 1. The molecule has 10 nitrogen and oxygen atoms in total. The highest BCUT2D eigenvalue weighted by atomic mass is 16.5. The summed E-state index contributed by atoms with van der Waals surface area (Å²) < 4.78 is 7.08. The van der Waals surface area contributed by atoms with Crippen LogP contribution in [-0.2, 0) is 9.53 Å². The van der Waals surface area contributed by atoms with E-state index in [-0.39, 0.29) is 11.8 Å². The summed E-state index contributed by atoms with van der Waals surface area (Å²) in [7, 11) is 0. The third-order valence-electron chi connectivity index (χ3n) is 6.41. The Morgan fingerprint density at radius 1 is 1.03 bits per heavy atom. The minimum absolute atomic E-state index is 0.205. The Hall–Kier alpha value is -3.92. The molecule has 0 spiro atoms. The minimum atomic E-state index is -0.228. The molecule has 4 heterocycles. The molecule has 2 aromatic heterocycles. The maximum Gasteiger partial charge on any atom is 0.271 e. The third-order valence-corrected chi connectivity index (χ3v) is 6.41. The summed E-state index contributed by atoms with van der Waals surface area (Å²) in [6, 6.07) is 13.7. The molecular formula is C26H31N7O3. The summed E-state index contributed by atoms with van der Waals surface area (Å²) in [6.07, 6.45) is 5.76.